The molecule has 0 bridgehead atoms. The molecule has 1 atom stereocenters. The van der Waals surface area contributed by atoms with Crippen molar-refractivity contribution in [3.8, 4) is 0 Å². The van der Waals surface area contributed by atoms with Gasteiger partial charge >= 0.3 is 0 Å². The minimum absolute atomic E-state index is 0.685. The van der Waals surface area contributed by atoms with Crippen molar-refractivity contribution in [3.63, 3.8) is 0 Å². The van der Waals surface area contributed by atoms with Crippen LogP contribution in [0, 0.1) is 6.92 Å². The molecule has 1 unspecified atom stereocenters. The van der Waals surface area contributed by atoms with Gasteiger partial charge in [-0.3, -0.25) is 0 Å². The fraction of sp³-hybridized carbons (Fsp3) is 0.385. The van der Waals surface area contributed by atoms with E-state index in [1.165, 1.54) is 28.9 Å². The van der Waals surface area contributed by atoms with Crippen LogP contribution in [0.4, 0.5) is 0 Å². The number of hydrogen-bond donors (Lipinski definition) is 0. The van der Waals surface area contributed by atoms with Crippen LogP contribution in [0.15, 0.2) is 28.7 Å². The maximum Gasteiger partial charge on any atom is 0.0322 e. The predicted octanol–water partition coefficient (Wildman–Crippen LogP) is 4.04. The van der Waals surface area contributed by atoms with Crippen LogP contribution >= 0.6 is 11.8 Å². The van der Waals surface area contributed by atoms with Crippen LogP contribution in [-0.2, 0) is 0 Å². The molecule has 0 aromatic heterocycles. The van der Waals surface area contributed by atoms with Crippen molar-refractivity contribution in [3.05, 3.63) is 34.9 Å². The first-order valence-electron chi connectivity index (χ1n) is 5.25. The van der Waals surface area contributed by atoms with Crippen molar-refractivity contribution in [1.82, 2.24) is 0 Å². The first-order chi connectivity index (χ1) is 6.75. The lowest BCUT2D eigenvalue weighted by Crippen LogP contribution is -1.91. The second-order valence-corrected chi connectivity index (χ2v) is 5.66. The molecule has 1 heterocycles. The van der Waals surface area contributed by atoms with Gasteiger partial charge in [0.05, 0.1) is 0 Å². The van der Waals surface area contributed by atoms with Gasteiger partial charge in [0, 0.05) is 10.1 Å². The van der Waals surface area contributed by atoms with Crippen molar-refractivity contribution in [2.24, 2.45) is 0 Å². The Hall–Kier alpha value is -0.690. The molecule has 1 heteroatoms. The molecule has 14 heavy (non-hydrogen) atoms. The minimum atomic E-state index is 0.685. The van der Waals surface area contributed by atoms with Gasteiger partial charge < -0.3 is 0 Å². The third-order valence-corrected chi connectivity index (χ3v) is 4.22. The molecule has 1 saturated carbocycles. The van der Waals surface area contributed by atoms with Crippen molar-refractivity contribution in [2.45, 2.75) is 36.8 Å². The van der Waals surface area contributed by atoms with Gasteiger partial charge in [-0.05, 0) is 43.9 Å². The van der Waals surface area contributed by atoms with Crippen molar-refractivity contribution in [2.75, 3.05) is 0 Å². The molecule has 1 fully saturated rings. The average molecular weight is 202 g/mol. The van der Waals surface area contributed by atoms with E-state index >= 15 is 0 Å². The lowest BCUT2D eigenvalue weighted by atomic mass is 10.0. The Morgan fingerprint density at radius 2 is 2.07 bits per heavy atom. The predicted molar refractivity (Wildman–Crippen MR) is 62.7 cm³/mol. The number of aryl methyl sites for hydroxylation is 1. The first kappa shape index (κ1) is 8.60. The summed E-state index contributed by atoms with van der Waals surface area (Å²) < 4.78 is 0. The molecular weight excluding hydrogens is 188 g/mol. The Bertz CT molecular complexity index is 423. The van der Waals surface area contributed by atoms with Gasteiger partial charge in [-0.15, -0.1) is 11.8 Å². The number of rotatable bonds is 0. The molecule has 0 spiro atoms. The van der Waals surface area contributed by atoms with Gasteiger partial charge in [0.2, 0.25) is 0 Å². The van der Waals surface area contributed by atoms with Crippen molar-refractivity contribution < 1.29 is 0 Å². The number of hydrogen-bond acceptors (Lipinski definition) is 1. The highest BCUT2D eigenvalue weighted by Gasteiger charge is 2.30. The number of thioether (sulfide) groups is 1. The number of allylic oxidation sites excluding steroid dienone is 1. The van der Waals surface area contributed by atoms with Crippen LogP contribution in [-0.4, -0.2) is 5.25 Å². The van der Waals surface area contributed by atoms with E-state index in [1.807, 2.05) is 11.8 Å². The highest BCUT2D eigenvalue weighted by Crippen LogP contribution is 2.50. The summed E-state index contributed by atoms with van der Waals surface area (Å²) in [6.45, 7) is 4.52. The van der Waals surface area contributed by atoms with Crippen LogP contribution < -0.4 is 0 Å². The van der Waals surface area contributed by atoms with Gasteiger partial charge in [-0.1, -0.05) is 23.3 Å². The maximum atomic E-state index is 2.35. The van der Waals surface area contributed by atoms with Gasteiger partial charge in [0.25, 0.3) is 0 Å². The van der Waals surface area contributed by atoms with E-state index in [-0.39, 0.29) is 0 Å². The molecule has 72 valence electrons. The average Bonchev–Trinajstić information content (AvgIpc) is 2.90. The third kappa shape index (κ3) is 1.23. The fourth-order valence-corrected chi connectivity index (χ4v) is 3.47. The SMILES string of the molecule is Cc1ccc2c(c1)C(=C1CC1)C(C)S2. The molecule has 0 nitrogen and oxygen atoms in total. The Morgan fingerprint density at radius 3 is 2.79 bits per heavy atom. The van der Waals surface area contributed by atoms with Gasteiger partial charge in [-0.2, -0.15) is 0 Å². The Kier molecular flexibility index (Phi) is 1.78. The summed E-state index contributed by atoms with van der Waals surface area (Å²) in [5.41, 5.74) is 6.26. The summed E-state index contributed by atoms with van der Waals surface area (Å²) in [5, 5.41) is 0.685. The van der Waals surface area contributed by atoms with E-state index in [4.69, 9.17) is 0 Å². The lowest BCUT2D eigenvalue weighted by molar-refractivity contribution is 1.27. The second-order valence-electron chi connectivity index (χ2n) is 4.28. The van der Waals surface area contributed by atoms with E-state index in [9.17, 15) is 0 Å². The van der Waals surface area contributed by atoms with E-state index in [1.54, 1.807) is 11.1 Å². The molecular formula is C13H14S. The molecule has 1 aliphatic carbocycles. The van der Waals surface area contributed by atoms with Crippen molar-refractivity contribution >= 4 is 17.3 Å². The number of benzene rings is 1. The topological polar surface area (TPSA) is 0 Å². The molecule has 0 N–H and O–H groups in total. The normalized spacial score (nSPS) is 24.0. The molecule has 1 aromatic rings. The maximum absolute atomic E-state index is 2.35. The second kappa shape index (κ2) is 2.90. The van der Waals surface area contributed by atoms with Crippen LogP contribution in [0.2, 0.25) is 0 Å². The molecule has 0 amide bonds. The van der Waals surface area contributed by atoms with E-state index < -0.39 is 0 Å². The summed E-state index contributed by atoms with van der Waals surface area (Å²) >= 11 is 2.02. The lowest BCUT2D eigenvalue weighted by Gasteiger charge is -2.04. The zero-order valence-corrected chi connectivity index (χ0v) is 9.45. The Balaban J connectivity index is 2.20. The molecule has 0 saturated heterocycles. The summed E-state index contributed by atoms with van der Waals surface area (Å²) in [4.78, 5) is 1.48. The standard InChI is InChI=1S/C13H14S/c1-8-3-6-12-11(7-8)13(9(2)14-12)10-4-5-10/h3,6-7,9H,4-5H2,1-2H3. The smallest absolute Gasteiger partial charge is 0.0322 e. The summed E-state index contributed by atoms with van der Waals surface area (Å²) in [7, 11) is 0. The Morgan fingerprint density at radius 1 is 1.29 bits per heavy atom. The van der Waals surface area contributed by atoms with Gasteiger partial charge in [0.1, 0.15) is 0 Å². The number of fused-ring (bicyclic) bond motifs is 1. The van der Waals surface area contributed by atoms with Crippen LogP contribution in [0.25, 0.3) is 5.57 Å². The van der Waals surface area contributed by atoms with Crippen molar-refractivity contribution in [1.29, 1.82) is 0 Å². The highest BCUT2D eigenvalue weighted by atomic mass is 32.2. The molecule has 2 aliphatic rings. The summed E-state index contributed by atoms with van der Waals surface area (Å²) in [5.74, 6) is 0. The van der Waals surface area contributed by atoms with Crippen LogP contribution in [0.1, 0.15) is 30.9 Å². The molecule has 1 aromatic carbocycles. The zero-order chi connectivity index (χ0) is 9.71. The molecule has 3 rings (SSSR count). The molecule has 0 radical (unpaired) electrons. The van der Waals surface area contributed by atoms with Crippen LogP contribution in [0.5, 0.6) is 0 Å². The Labute approximate surface area is 89.4 Å². The third-order valence-electron chi connectivity index (χ3n) is 3.02. The van der Waals surface area contributed by atoms with Gasteiger partial charge in [-0.25, -0.2) is 0 Å². The van der Waals surface area contributed by atoms with Crippen LogP contribution in [0.3, 0.4) is 0 Å². The highest BCUT2D eigenvalue weighted by molar-refractivity contribution is 8.00. The fourth-order valence-electron chi connectivity index (χ4n) is 2.24. The monoisotopic (exact) mass is 202 g/mol. The minimum Gasteiger partial charge on any atom is -0.118 e. The van der Waals surface area contributed by atoms with E-state index in [0.717, 1.165) is 0 Å². The van der Waals surface area contributed by atoms with E-state index in [0.29, 0.717) is 5.25 Å². The molecule has 1 aliphatic heterocycles. The summed E-state index contributed by atoms with van der Waals surface area (Å²) in [6.07, 6.45) is 2.68. The quantitative estimate of drug-likeness (QED) is 0.612. The largest absolute Gasteiger partial charge is 0.118 e. The first-order valence-corrected chi connectivity index (χ1v) is 6.13. The van der Waals surface area contributed by atoms with E-state index in [2.05, 4.69) is 32.0 Å². The van der Waals surface area contributed by atoms with Gasteiger partial charge in [0.15, 0.2) is 0 Å². The summed E-state index contributed by atoms with van der Waals surface area (Å²) in [6, 6.07) is 6.85. The zero-order valence-electron chi connectivity index (χ0n) is 8.63.